The molecule has 1 aromatic rings. The lowest BCUT2D eigenvalue weighted by atomic mass is 10.1. The fourth-order valence-electron chi connectivity index (χ4n) is 1.70. The van der Waals surface area contributed by atoms with Gasteiger partial charge in [0, 0.05) is 30.2 Å². The quantitative estimate of drug-likeness (QED) is 0.449. The molecule has 98 valence electrons. The number of non-ortho nitro benzene ring substituents is 1. The molecule has 0 aliphatic heterocycles. The number of halogens is 1. The zero-order valence-corrected chi connectivity index (χ0v) is 11.4. The first-order chi connectivity index (χ1) is 8.43. The van der Waals surface area contributed by atoms with Crippen LogP contribution in [0.25, 0.3) is 0 Å². The average molecular weight is 269 g/mol. The van der Waals surface area contributed by atoms with Gasteiger partial charge in [0.05, 0.1) is 4.92 Å². The van der Waals surface area contributed by atoms with Crippen molar-refractivity contribution in [2.75, 3.05) is 13.1 Å². The van der Waals surface area contributed by atoms with E-state index in [1.165, 1.54) is 12.1 Å². The normalized spacial score (nSPS) is 10.7. The van der Waals surface area contributed by atoms with Crippen molar-refractivity contribution in [2.24, 2.45) is 0 Å². The molecule has 0 radical (unpaired) electrons. The summed E-state index contributed by atoms with van der Waals surface area (Å²) in [6, 6.07) is 4.52. The monoisotopic (exact) mass is 268 g/mol. The fourth-order valence-corrected chi connectivity index (χ4v) is 1.88. The van der Waals surface area contributed by atoms with Crippen molar-refractivity contribution in [3.8, 4) is 0 Å². The summed E-state index contributed by atoms with van der Waals surface area (Å²) in [4.78, 5) is 12.5. The number of nitro groups is 1. The molecule has 5 heteroatoms. The Morgan fingerprint density at radius 3 is 2.72 bits per heavy atom. The molecule has 0 aromatic heterocycles. The van der Waals surface area contributed by atoms with Crippen molar-refractivity contribution in [2.45, 2.75) is 20.4 Å². The lowest BCUT2D eigenvalue weighted by Crippen LogP contribution is -2.24. The number of hydrogen-bond acceptors (Lipinski definition) is 3. The number of hydrogen-bond donors (Lipinski definition) is 0. The van der Waals surface area contributed by atoms with Gasteiger partial charge < -0.3 is 0 Å². The molecule has 1 aromatic carbocycles. The fraction of sp³-hybridized carbons (Fsp3) is 0.385. The molecule has 0 spiro atoms. The van der Waals surface area contributed by atoms with Gasteiger partial charge in [-0.15, -0.1) is 0 Å². The van der Waals surface area contributed by atoms with Crippen LogP contribution in [-0.4, -0.2) is 22.9 Å². The third kappa shape index (κ3) is 4.13. The number of likely N-dealkylation sites (N-methyl/N-ethyl adjacent to an activating group) is 1. The predicted octanol–water partition coefficient (Wildman–Crippen LogP) is 3.65. The van der Waals surface area contributed by atoms with Crippen LogP contribution in [0.2, 0.25) is 5.02 Å². The highest BCUT2D eigenvalue weighted by Gasteiger charge is 2.12. The lowest BCUT2D eigenvalue weighted by molar-refractivity contribution is -0.384. The van der Waals surface area contributed by atoms with Gasteiger partial charge in [0.1, 0.15) is 0 Å². The molecule has 0 N–H and O–H groups in total. The minimum absolute atomic E-state index is 0.0702. The third-order valence-corrected chi connectivity index (χ3v) is 2.94. The molecule has 0 amide bonds. The van der Waals surface area contributed by atoms with Gasteiger partial charge in [-0.1, -0.05) is 30.7 Å². The summed E-state index contributed by atoms with van der Waals surface area (Å²) in [5.74, 6) is 0. The first-order valence-electron chi connectivity index (χ1n) is 5.73. The van der Waals surface area contributed by atoms with Crippen LogP contribution in [0.1, 0.15) is 19.4 Å². The summed E-state index contributed by atoms with van der Waals surface area (Å²) in [5, 5.41) is 11.3. The minimum Gasteiger partial charge on any atom is -0.295 e. The van der Waals surface area contributed by atoms with E-state index in [1.807, 2.05) is 13.8 Å². The van der Waals surface area contributed by atoms with Gasteiger partial charge in [-0.2, -0.15) is 0 Å². The van der Waals surface area contributed by atoms with Gasteiger partial charge in [0.2, 0.25) is 0 Å². The van der Waals surface area contributed by atoms with Gasteiger partial charge in [0.25, 0.3) is 5.69 Å². The number of rotatable bonds is 6. The number of benzene rings is 1. The van der Waals surface area contributed by atoms with E-state index in [4.69, 9.17) is 11.6 Å². The molecule has 18 heavy (non-hydrogen) atoms. The van der Waals surface area contributed by atoms with Gasteiger partial charge in [-0.3, -0.25) is 15.0 Å². The summed E-state index contributed by atoms with van der Waals surface area (Å²) in [7, 11) is 0. The van der Waals surface area contributed by atoms with Crippen molar-refractivity contribution >= 4 is 17.3 Å². The first kappa shape index (κ1) is 14.7. The second-order valence-corrected chi connectivity index (χ2v) is 4.70. The number of nitro benzene ring substituents is 1. The van der Waals surface area contributed by atoms with E-state index in [0.717, 1.165) is 24.2 Å². The second kappa shape index (κ2) is 6.52. The van der Waals surface area contributed by atoms with Crippen LogP contribution in [0.15, 0.2) is 30.4 Å². The smallest absolute Gasteiger partial charge is 0.269 e. The molecule has 0 unspecified atom stereocenters. The molecule has 0 bridgehead atoms. The third-order valence-electron chi connectivity index (χ3n) is 2.57. The first-order valence-corrected chi connectivity index (χ1v) is 6.11. The molecule has 0 saturated carbocycles. The Morgan fingerprint density at radius 1 is 1.56 bits per heavy atom. The maximum atomic E-state index is 10.7. The van der Waals surface area contributed by atoms with Crippen LogP contribution in [0, 0.1) is 10.1 Å². The highest BCUT2D eigenvalue weighted by atomic mass is 35.5. The maximum Gasteiger partial charge on any atom is 0.269 e. The standard InChI is InChI=1S/C13H17ClN2O2/c1-4-15(8-10(2)3)9-11-7-12(16(17)18)5-6-13(11)14/h5-7H,2,4,8-9H2,1,3H3. The van der Waals surface area contributed by atoms with Crippen LogP contribution >= 0.6 is 11.6 Å². The van der Waals surface area contributed by atoms with Crippen molar-refractivity contribution in [1.29, 1.82) is 0 Å². The molecule has 4 nitrogen and oxygen atoms in total. The van der Waals surface area contributed by atoms with E-state index in [-0.39, 0.29) is 5.69 Å². The summed E-state index contributed by atoms with van der Waals surface area (Å²) in [6.45, 7) is 10.0. The van der Waals surface area contributed by atoms with E-state index in [9.17, 15) is 10.1 Å². The van der Waals surface area contributed by atoms with E-state index in [0.29, 0.717) is 11.6 Å². The molecule has 0 aliphatic rings. The SMILES string of the molecule is C=C(C)CN(CC)Cc1cc([N+](=O)[O-])ccc1Cl. The van der Waals surface area contributed by atoms with Crippen molar-refractivity contribution in [1.82, 2.24) is 4.90 Å². The summed E-state index contributed by atoms with van der Waals surface area (Å²) in [5.41, 5.74) is 1.90. The zero-order valence-electron chi connectivity index (χ0n) is 10.6. The highest BCUT2D eigenvalue weighted by molar-refractivity contribution is 6.31. The van der Waals surface area contributed by atoms with Gasteiger partial charge in [-0.05, 0) is 25.1 Å². The Kier molecular flexibility index (Phi) is 5.31. The summed E-state index contributed by atoms with van der Waals surface area (Å²) in [6.07, 6.45) is 0. The predicted molar refractivity (Wildman–Crippen MR) is 73.9 cm³/mol. The Hall–Kier alpha value is -1.39. The Bertz CT molecular complexity index is 460. The zero-order chi connectivity index (χ0) is 13.7. The summed E-state index contributed by atoms with van der Waals surface area (Å²) < 4.78 is 0. The molecule has 1 rings (SSSR count). The molecule has 0 fully saturated rings. The van der Waals surface area contributed by atoms with Crippen LogP contribution in [-0.2, 0) is 6.54 Å². The topological polar surface area (TPSA) is 46.4 Å². The van der Waals surface area contributed by atoms with E-state index < -0.39 is 4.92 Å². The average Bonchev–Trinajstić information content (AvgIpc) is 2.29. The lowest BCUT2D eigenvalue weighted by Gasteiger charge is -2.20. The van der Waals surface area contributed by atoms with Crippen LogP contribution < -0.4 is 0 Å². The Morgan fingerprint density at radius 2 is 2.22 bits per heavy atom. The highest BCUT2D eigenvalue weighted by Crippen LogP contribution is 2.23. The van der Waals surface area contributed by atoms with Crippen molar-refractivity contribution in [3.05, 3.63) is 51.1 Å². The maximum absolute atomic E-state index is 10.7. The van der Waals surface area contributed by atoms with Crippen LogP contribution in [0.5, 0.6) is 0 Å². The van der Waals surface area contributed by atoms with Crippen molar-refractivity contribution in [3.63, 3.8) is 0 Å². The molecular weight excluding hydrogens is 252 g/mol. The Balaban J connectivity index is 2.90. The molecule has 0 saturated heterocycles. The number of nitrogens with zero attached hydrogens (tertiary/aromatic N) is 2. The minimum atomic E-state index is -0.408. The molecular formula is C13H17ClN2O2. The van der Waals surface area contributed by atoms with Gasteiger partial charge in [0.15, 0.2) is 0 Å². The van der Waals surface area contributed by atoms with Gasteiger partial charge >= 0.3 is 0 Å². The van der Waals surface area contributed by atoms with Crippen LogP contribution in [0.4, 0.5) is 5.69 Å². The Labute approximate surface area is 112 Å². The van der Waals surface area contributed by atoms with E-state index in [2.05, 4.69) is 11.5 Å². The molecule has 0 atom stereocenters. The van der Waals surface area contributed by atoms with E-state index in [1.54, 1.807) is 6.07 Å². The van der Waals surface area contributed by atoms with E-state index >= 15 is 0 Å². The summed E-state index contributed by atoms with van der Waals surface area (Å²) >= 11 is 6.07. The van der Waals surface area contributed by atoms with Gasteiger partial charge in [-0.25, -0.2) is 0 Å². The van der Waals surface area contributed by atoms with Crippen molar-refractivity contribution < 1.29 is 4.92 Å². The molecule has 0 heterocycles. The second-order valence-electron chi connectivity index (χ2n) is 4.29. The molecule has 0 aliphatic carbocycles. The van der Waals surface area contributed by atoms with Crippen LogP contribution in [0.3, 0.4) is 0 Å². The largest absolute Gasteiger partial charge is 0.295 e.